The van der Waals surface area contributed by atoms with Gasteiger partial charge in [0.05, 0.1) is 6.54 Å². The second-order valence-corrected chi connectivity index (χ2v) is 3.74. The van der Waals surface area contributed by atoms with Gasteiger partial charge in [0.1, 0.15) is 6.54 Å². The summed E-state index contributed by atoms with van der Waals surface area (Å²) < 4.78 is 0. The number of nitrogens with zero attached hydrogens (tertiary/aromatic N) is 4. The second kappa shape index (κ2) is 4.76. The van der Waals surface area contributed by atoms with Crippen LogP contribution in [0.5, 0.6) is 0 Å². The lowest BCUT2D eigenvalue weighted by molar-refractivity contribution is -0.137. The van der Waals surface area contributed by atoms with Gasteiger partial charge in [-0.2, -0.15) is 5.21 Å². The zero-order valence-electron chi connectivity index (χ0n) is 8.96. The smallest absolute Gasteiger partial charge is 0.323 e. The van der Waals surface area contributed by atoms with Gasteiger partial charge < -0.3 is 15.3 Å². The van der Waals surface area contributed by atoms with Crippen LogP contribution in [0.4, 0.5) is 4.79 Å². The molecule has 3 N–H and O–H groups in total. The van der Waals surface area contributed by atoms with Crippen LogP contribution in [-0.2, 0) is 11.3 Å². The predicted molar refractivity (Wildman–Crippen MR) is 53.8 cm³/mol. The number of carbonyl (C=O) groups is 2. The Bertz CT molecular complexity index is 401. The molecule has 0 spiro atoms. The van der Waals surface area contributed by atoms with E-state index in [-0.39, 0.29) is 19.1 Å². The molecule has 17 heavy (non-hydrogen) atoms. The fraction of sp³-hybridized carbons (Fsp3) is 0.625. The van der Waals surface area contributed by atoms with Gasteiger partial charge in [0.2, 0.25) is 0 Å². The van der Waals surface area contributed by atoms with Gasteiger partial charge in [0.25, 0.3) is 0 Å². The van der Waals surface area contributed by atoms with Crippen molar-refractivity contribution in [2.45, 2.75) is 25.4 Å². The number of hydrogen-bond acceptors (Lipinski definition) is 5. The molecule has 0 radical (unpaired) electrons. The monoisotopic (exact) mass is 240 g/mol. The van der Waals surface area contributed by atoms with Gasteiger partial charge in [-0.3, -0.25) is 4.79 Å². The summed E-state index contributed by atoms with van der Waals surface area (Å²) in [5.74, 6) is -0.670. The summed E-state index contributed by atoms with van der Waals surface area (Å²) in [5.41, 5.74) is 0. The molecule has 0 saturated heterocycles. The van der Waals surface area contributed by atoms with E-state index in [0.29, 0.717) is 5.82 Å². The molecule has 0 unspecified atom stereocenters. The first-order chi connectivity index (χ1) is 8.16. The van der Waals surface area contributed by atoms with Gasteiger partial charge in [-0.05, 0) is 12.8 Å². The number of carboxylic acids is 1. The van der Waals surface area contributed by atoms with Crippen molar-refractivity contribution in [1.29, 1.82) is 0 Å². The number of tetrazole rings is 1. The largest absolute Gasteiger partial charge is 0.480 e. The average Bonchev–Trinajstić information content (AvgIpc) is 2.99. The number of carboxylic acid groups (broad SMARTS) is 1. The summed E-state index contributed by atoms with van der Waals surface area (Å²) >= 11 is 0. The molecule has 0 atom stereocenters. The lowest BCUT2D eigenvalue weighted by Gasteiger charge is -2.20. The standard InChI is InChI=1S/C8H12N6O3/c15-7(16)4-14(5-1-2-5)8(17)9-3-6-10-12-13-11-6/h5H,1-4H2,(H,9,17)(H,15,16)(H,10,11,12,13). The van der Waals surface area contributed by atoms with Crippen molar-refractivity contribution in [2.24, 2.45) is 0 Å². The second-order valence-electron chi connectivity index (χ2n) is 3.74. The van der Waals surface area contributed by atoms with Crippen LogP contribution in [0.2, 0.25) is 0 Å². The van der Waals surface area contributed by atoms with E-state index in [4.69, 9.17) is 5.11 Å². The number of nitrogens with one attached hydrogen (secondary N) is 2. The van der Waals surface area contributed by atoms with E-state index < -0.39 is 12.0 Å². The first-order valence-electron chi connectivity index (χ1n) is 5.15. The maximum atomic E-state index is 11.7. The van der Waals surface area contributed by atoms with Crippen LogP contribution in [0, 0.1) is 0 Å². The highest BCUT2D eigenvalue weighted by Crippen LogP contribution is 2.26. The van der Waals surface area contributed by atoms with Crippen LogP contribution in [0.25, 0.3) is 0 Å². The van der Waals surface area contributed by atoms with E-state index in [1.165, 1.54) is 4.90 Å². The number of aliphatic carboxylic acids is 1. The molecule has 1 fully saturated rings. The van der Waals surface area contributed by atoms with Gasteiger partial charge in [0.15, 0.2) is 5.82 Å². The molecule has 9 heteroatoms. The molecule has 1 saturated carbocycles. The van der Waals surface area contributed by atoms with E-state index in [1.807, 2.05) is 0 Å². The zero-order chi connectivity index (χ0) is 12.3. The van der Waals surface area contributed by atoms with E-state index in [0.717, 1.165) is 12.8 Å². The Kier molecular flexibility index (Phi) is 3.17. The maximum Gasteiger partial charge on any atom is 0.323 e. The third-order valence-corrected chi connectivity index (χ3v) is 2.34. The molecule has 2 rings (SSSR count). The summed E-state index contributed by atoms with van der Waals surface area (Å²) in [6.45, 7) is -0.166. The number of rotatable bonds is 5. The minimum atomic E-state index is -1.02. The molecule has 2 amide bonds. The van der Waals surface area contributed by atoms with Crippen molar-refractivity contribution in [3.8, 4) is 0 Å². The fourth-order valence-corrected chi connectivity index (χ4v) is 1.41. The first-order valence-corrected chi connectivity index (χ1v) is 5.15. The maximum absolute atomic E-state index is 11.7. The van der Waals surface area contributed by atoms with Crippen molar-refractivity contribution in [1.82, 2.24) is 30.8 Å². The molecule has 92 valence electrons. The highest BCUT2D eigenvalue weighted by atomic mass is 16.4. The highest BCUT2D eigenvalue weighted by molar-refractivity contribution is 5.80. The first kappa shape index (κ1) is 11.3. The van der Waals surface area contributed by atoms with Crippen LogP contribution in [0.1, 0.15) is 18.7 Å². The summed E-state index contributed by atoms with van der Waals surface area (Å²) in [4.78, 5) is 23.6. The third-order valence-electron chi connectivity index (χ3n) is 2.34. The molecule has 0 aromatic carbocycles. The molecular weight excluding hydrogens is 228 g/mol. The third kappa shape index (κ3) is 3.13. The van der Waals surface area contributed by atoms with Crippen LogP contribution in [0.15, 0.2) is 0 Å². The molecule has 1 aliphatic rings. The summed E-state index contributed by atoms with van der Waals surface area (Å²) in [6, 6.07) is -0.379. The Balaban J connectivity index is 1.85. The van der Waals surface area contributed by atoms with Gasteiger partial charge in [-0.25, -0.2) is 4.79 Å². The normalized spacial score (nSPS) is 14.4. The lowest BCUT2D eigenvalue weighted by atomic mass is 10.5. The van der Waals surface area contributed by atoms with Crippen LogP contribution in [-0.4, -0.2) is 55.2 Å². The molecule has 1 aromatic heterocycles. The SMILES string of the molecule is O=C(O)CN(C(=O)NCc1nn[nH]n1)C1CC1. The number of carbonyl (C=O) groups excluding carboxylic acids is 1. The predicted octanol–water partition coefficient (Wildman–Crippen LogP) is -1.04. The van der Waals surface area contributed by atoms with Crippen LogP contribution >= 0.6 is 0 Å². The topological polar surface area (TPSA) is 124 Å². The Morgan fingerprint density at radius 3 is 2.82 bits per heavy atom. The van der Waals surface area contributed by atoms with E-state index in [2.05, 4.69) is 25.9 Å². The molecule has 1 heterocycles. The van der Waals surface area contributed by atoms with Gasteiger partial charge >= 0.3 is 12.0 Å². The molecular formula is C8H12N6O3. The Hall–Kier alpha value is -2.19. The number of aromatic nitrogens is 4. The molecule has 0 aliphatic heterocycles. The quantitative estimate of drug-likeness (QED) is 0.603. The lowest BCUT2D eigenvalue weighted by Crippen LogP contribution is -2.43. The molecule has 9 nitrogen and oxygen atoms in total. The number of aromatic amines is 1. The zero-order valence-corrected chi connectivity index (χ0v) is 8.96. The van der Waals surface area contributed by atoms with Gasteiger partial charge in [-0.1, -0.05) is 5.21 Å². The Morgan fingerprint density at radius 2 is 2.29 bits per heavy atom. The average molecular weight is 240 g/mol. The number of amides is 2. The van der Waals surface area contributed by atoms with Crippen LogP contribution in [0.3, 0.4) is 0 Å². The molecule has 0 bridgehead atoms. The van der Waals surface area contributed by atoms with Gasteiger partial charge in [-0.15, -0.1) is 10.2 Å². The number of H-pyrrole nitrogens is 1. The van der Waals surface area contributed by atoms with Crippen molar-refractivity contribution in [3.05, 3.63) is 5.82 Å². The van der Waals surface area contributed by atoms with E-state index in [9.17, 15) is 9.59 Å². The van der Waals surface area contributed by atoms with Crippen molar-refractivity contribution in [2.75, 3.05) is 6.54 Å². The number of hydrogen-bond donors (Lipinski definition) is 3. The molecule has 1 aromatic rings. The summed E-state index contributed by atoms with van der Waals surface area (Å²) in [6.07, 6.45) is 1.70. The van der Waals surface area contributed by atoms with Crippen molar-refractivity contribution < 1.29 is 14.7 Å². The fourth-order valence-electron chi connectivity index (χ4n) is 1.41. The van der Waals surface area contributed by atoms with Crippen molar-refractivity contribution >= 4 is 12.0 Å². The summed E-state index contributed by atoms with van der Waals surface area (Å²) in [5, 5.41) is 24.2. The van der Waals surface area contributed by atoms with E-state index in [1.54, 1.807) is 0 Å². The number of urea groups is 1. The summed E-state index contributed by atoms with van der Waals surface area (Å²) in [7, 11) is 0. The minimum absolute atomic E-state index is 0.0383. The Morgan fingerprint density at radius 1 is 1.53 bits per heavy atom. The van der Waals surface area contributed by atoms with Gasteiger partial charge in [0, 0.05) is 6.04 Å². The highest BCUT2D eigenvalue weighted by Gasteiger charge is 2.33. The Labute approximate surface area is 96.2 Å². The van der Waals surface area contributed by atoms with Crippen molar-refractivity contribution in [3.63, 3.8) is 0 Å². The molecule has 1 aliphatic carbocycles. The minimum Gasteiger partial charge on any atom is -0.480 e. The van der Waals surface area contributed by atoms with E-state index >= 15 is 0 Å². The van der Waals surface area contributed by atoms with Crippen LogP contribution < -0.4 is 5.32 Å².